The van der Waals surface area contributed by atoms with E-state index in [9.17, 15) is 52.7 Å². The Labute approximate surface area is 115 Å². The summed E-state index contributed by atoms with van der Waals surface area (Å²) in [6.45, 7) is 0.139. The molecule has 0 spiro atoms. The van der Waals surface area contributed by atoms with Gasteiger partial charge < -0.3 is 8.85 Å². The quantitative estimate of drug-likeness (QED) is 0.542. The number of hydrogen-bond donors (Lipinski definition) is 0. The van der Waals surface area contributed by atoms with Crippen molar-refractivity contribution >= 4 is 9.28 Å². The monoisotopic (exact) mass is 377 g/mol. The van der Waals surface area contributed by atoms with Crippen LogP contribution in [-0.4, -0.2) is 46.2 Å². The van der Waals surface area contributed by atoms with Gasteiger partial charge in [-0.1, -0.05) is 0 Å². The summed E-state index contributed by atoms with van der Waals surface area (Å²) in [6.07, 6.45) is -33.4. The van der Waals surface area contributed by atoms with Crippen LogP contribution in [0.5, 0.6) is 0 Å². The van der Waals surface area contributed by atoms with Gasteiger partial charge in [0.2, 0.25) is 12.2 Å². The Morgan fingerprint density at radius 1 is 0.545 bits per heavy atom. The molecular weight excluding hydrogens is 372 g/mol. The highest BCUT2D eigenvalue weighted by molar-refractivity contribution is 6.42. The van der Waals surface area contributed by atoms with Gasteiger partial charge in [-0.25, -0.2) is 0 Å². The molecule has 0 aromatic heterocycles. The fourth-order valence-corrected chi connectivity index (χ4v) is 2.25. The second-order valence-corrected chi connectivity index (χ2v) is 5.11. The topological polar surface area (TPSA) is 18.5 Å². The summed E-state index contributed by atoms with van der Waals surface area (Å²) in [5.74, 6) is 0. The fraction of sp³-hybridized carbons (Fsp3) is 1.00. The lowest BCUT2D eigenvalue weighted by atomic mass is 10.3. The SMILES string of the molecule is C[Si](OC(C(F)(F)F)C(F)(F)F)OC(C(F)(F)F)C(F)(F)F. The van der Waals surface area contributed by atoms with Gasteiger partial charge in [0.25, 0.3) is 0 Å². The predicted octanol–water partition coefficient (Wildman–Crippen LogP) is 4.12. The van der Waals surface area contributed by atoms with Crippen LogP contribution in [0.25, 0.3) is 0 Å². The van der Waals surface area contributed by atoms with Crippen LogP contribution in [0.4, 0.5) is 52.7 Å². The van der Waals surface area contributed by atoms with Crippen molar-refractivity contribution in [1.82, 2.24) is 0 Å². The van der Waals surface area contributed by atoms with E-state index in [1.165, 1.54) is 0 Å². The summed E-state index contributed by atoms with van der Waals surface area (Å²) < 4.78 is 151. The van der Waals surface area contributed by atoms with Crippen LogP contribution >= 0.6 is 0 Å². The first kappa shape index (κ1) is 21.3. The third-order valence-electron chi connectivity index (χ3n) is 1.76. The first-order valence-corrected chi connectivity index (χ1v) is 6.62. The number of hydrogen-bond acceptors (Lipinski definition) is 2. The van der Waals surface area contributed by atoms with Gasteiger partial charge in [0.1, 0.15) is 0 Å². The summed E-state index contributed by atoms with van der Waals surface area (Å²) in [4.78, 5) is 0. The minimum absolute atomic E-state index is 0.139. The minimum Gasteiger partial charge on any atom is -0.374 e. The molecule has 15 heteroatoms. The van der Waals surface area contributed by atoms with Crippen molar-refractivity contribution in [2.24, 2.45) is 0 Å². The third-order valence-corrected chi connectivity index (χ3v) is 2.89. The highest BCUT2D eigenvalue weighted by Crippen LogP contribution is 2.39. The van der Waals surface area contributed by atoms with Crippen molar-refractivity contribution in [2.75, 3.05) is 0 Å². The molecule has 2 nitrogen and oxygen atoms in total. The molecular formula is C7H5F12O2Si. The van der Waals surface area contributed by atoms with Crippen LogP contribution in [0.3, 0.4) is 0 Å². The molecule has 0 aromatic carbocycles. The molecule has 0 aliphatic carbocycles. The van der Waals surface area contributed by atoms with Gasteiger partial charge in [-0.3, -0.25) is 0 Å². The van der Waals surface area contributed by atoms with Gasteiger partial charge >= 0.3 is 34.0 Å². The van der Waals surface area contributed by atoms with Gasteiger partial charge in [0.15, 0.2) is 0 Å². The summed E-state index contributed by atoms with van der Waals surface area (Å²) in [5.41, 5.74) is 0. The zero-order valence-electron chi connectivity index (χ0n) is 10.0. The second-order valence-electron chi connectivity index (χ2n) is 3.65. The second kappa shape index (κ2) is 6.43. The van der Waals surface area contributed by atoms with Crippen LogP contribution in [0.1, 0.15) is 0 Å². The summed E-state index contributed by atoms with van der Waals surface area (Å²) in [7, 11) is -4.20. The van der Waals surface area contributed by atoms with Crippen molar-refractivity contribution in [3.63, 3.8) is 0 Å². The molecule has 0 amide bonds. The van der Waals surface area contributed by atoms with Gasteiger partial charge in [-0.05, 0) is 6.55 Å². The number of alkyl halides is 12. The molecule has 0 saturated carbocycles. The molecule has 22 heavy (non-hydrogen) atoms. The maximum absolute atomic E-state index is 12.1. The van der Waals surface area contributed by atoms with Crippen LogP contribution in [-0.2, 0) is 8.85 Å². The molecule has 133 valence electrons. The van der Waals surface area contributed by atoms with Gasteiger partial charge in [0, 0.05) is 0 Å². The van der Waals surface area contributed by atoms with Crippen molar-refractivity contribution in [1.29, 1.82) is 0 Å². The molecule has 1 radical (unpaired) electrons. The van der Waals surface area contributed by atoms with Crippen LogP contribution in [0.2, 0.25) is 6.55 Å². The average Bonchev–Trinajstić information content (AvgIpc) is 2.15. The Hall–Kier alpha value is -0.703. The highest BCUT2D eigenvalue weighted by Gasteiger charge is 2.61. The summed E-state index contributed by atoms with van der Waals surface area (Å²) in [6, 6.07) is 0. The molecule has 0 saturated heterocycles. The average molecular weight is 377 g/mol. The number of halogens is 12. The Morgan fingerprint density at radius 2 is 0.727 bits per heavy atom. The van der Waals surface area contributed by atoms with Crippen LogP contribution in [0.15, 0.2) is 0 Å². The lowest BCUT2D eigenvalue weighted by Gasteiger charge is -2.29. The Kier molecular flexibility index (Phi) is 6.22. The zero-order chi connectivity index (χ0) is 18.1. The number of rotatable bonds is 4. The molecule has 0 aromatic rings. The van der Waals surface area contributed by atoms with Gasteiger partial charge in [-0.2, -0.15) is 52.7 Å². The molecule has 0 heterocycles. The van der Waals surface area contributed by atoms with E-state index >= 15 is 0 Å². The van der Waals surface area contributed by atoms with Crippen LogP contribution in [0, 0.1) is 0 Å². The molecule has 0 aliphatic heterocycles. The van der Waals surface area contributed by atoms with E-state index in [4.69, 9.17) is 0 Å². The maximum Gasteiger partial charge on any atom is 0.422 e. The van der Waals surface area contributed by atoms with E-state index in [1.54, 1.807) is 0 Å². The van der Waals surface area contributed by atoms with E-state index in [0.29, 0.717) is 0 Å². The molecule has 0 N–H and O–H groups in total. The van der Waals surface area contributed by atoms with E-state index in [1.807, 2.05) is 0 Å². The smallest absolute Gasteiger partial charge is 0.374 e. The first-order chi connectivity index (χ1) is 9.37. The first-order valence-electron chi connectivity index (χ1n) is 4.80. The van der Waals surface area contributed by atoms with E-state index in [0.717, 1.165) is 0 Å². The molecule has 0 atom stereocenters. The lowest BCUT2D eigenvalue weighted by Crippen LogP contribution is -2.51. The zero-order valence-corrected chi connectivity index (χ0v) is 11.0. The van der Waals surface area contributed by atoms with Gasteiger partial charge in [-0.15, -0.1) is 0 Å². The lowest BCUT2D eigenvalue weighted by molar-refractivity contribution is -0.317. The molecule has 0 aliphatic rings. The van der Waals surface area contributed by atoms with Crippen molar-refractivity contribution in [3.05, 3.63) is 0 Å². The van der Waals surface area contributed by atoms with Crippen molar-refractivity contribution < 1.29 is 61.5 Å². The minimum atomic E-state index is -6.08. The highest BCUT2D eigenvalue weighted by atomic mass is 28.3. The summed E-state index contributed by atoms with van der Waals surface area (Å²) in [5, 5.41) is 0. The molecule has 0 unspecified atom stereocenters. The van der Waals surface area contributed by atoms with Gasteiger partial charge in [0.05, 0.1) is 0 Å². The van der Waals surface area contributed by atoms with Crippen LogP contribution < -0.4 is 0 Å². The summed E-state index contributed by atoms with van der Waals surface area (Å²) >= 11 is 0. The standard InChI is InChI=1S/C7H5F12O2Si/c1-22(20-2(4(8,9)10)5(11,12)13)21-3(6(14,15)16)7(17,18)19/h2-3H,1H3. The molecule has 0 fully saturated rings. The molecule has 0 bridgehead atoms. The Balaban J connectivity index is 5.15. The van der Waals surface area contributed by atoms with E-state index in [2.05, 4.69) is 8.85 Å². The Morgan fingerprint density at radius 3 is 0.864 bits per heavy atom. The maximum atomic E-state index is 12.1. The predicted molar refractivity (Wildman–Crippen MR) is 45.6 cm³/mol. The largest absolute Gasteiger partial charge is 0.422 e. The van der Waals surface area contributed by atoms with Crippen molar-refractivity contribution in [3.8, 4) is 0 Å². The van der Waals surface area contributed by atoms with E-state index in [-0.39, 0.29) is 6.55 Å². The van der Waals surface area contributed by atoms with E-state index < -0.39 is 46.2 Å². The fourth-order valence-electron chi connectivity index (χ4n) is 0.998. The normalized spacial score (nSPS) is 15.3. The van der Waals surface area contributed by atoms with Crippen molar-refractivity contribution in [2.45, 2.75) is 43.5 Å². The molecule has 0 rings (SSSR count). The Bertz CT molecular complexity index is 292. The third kappa shape index (κ3) is 6.60.